The van der Waals surface area contributed by atoms with Gasteiger partial charge in [-0.05, 0) is 68.2 Å². The summed E-state index contributed by atoms with van der Waals surface area (Å²) in [6.07, 6.45) is 5.45. The number of hydrogen-bond acceptors (Lipinski definition) is 4. The first-order chi connectivity index (χ1) is 12.2. The molecule has 2 saturated carbocycles. The first kappa shape index (κ1) is 17.1. The van der Waals surface area contributed by atoms with E-state index >= 15 is 0 Å². The molecule has 0 aliphatic heterocycles. The minimum Gasteiger partial charge on any atom is -0.349 e. The quantitative estimate of drug-likeness (QED) is 0.726. The van der Waals surface area contributed by atoms with Crippen LogP contribution in [0.4, 0.5) is 0 Å². The maximum atomic E-state index is 12.5. The van der Waals surface area contributed by atoms with Crippen LogP contribution in [0.5, 0.6) is 0 Å². The predicted octanol–water partition coefficient (Wildman–Crippen LogP) is 4.99. The lowest BCUT2D eigenvalue weighted by Crippen LogP contribution is -2.40. The third-order valence-corrected chi connectivity index (χ3v) is 7.46. The van der Waals surface area contributed by atoms with Crippen molar-refractivity contribution in [3.05, 3.63) is 46.4 Å². The molecule has 1 aromatic carbocycles. The lowest BCUT2D eigenvalue weighted by Gasteiger charge is -2.28. The van der Waals surface area contributed by atoms with Crippen LogP contribution in [0.2, 0.25) is 0 Å². The second-order valence-electron chi connectivity index (χ2n) is 7.39. The Balaban J connectivity index is 1.31. The van der Waals surface area contributed by atoms with E-state index in [4.69, 9.17) is 0 Å². The van der Waals surface area contributed by atoms with E-state index in [-0.39, 0.29) is 11.9 Å². The SMILES string of the molecule is C[C@@H](NC(=O)c1ccc(SCc2cscn2)cc1)[C@H]1C[C@H]2CC[C@H]1C2. The second kappa shape index (κ2) is 7.50. The molecule has 1 N–H and O–H groups in total. The van der Waals surface area contributed by atoms with Gasteiger partial charge in [-0.15, -0.1) is 23.1 Å². The van der Waals surface area contributed by atoms with E-state index in [0.717, 1.165) is 28.8 Å². The van der Waals surface area contributed by atoms with Gasteiger partial charge in [0.15, 0.2) is 0 Å². The molecule has 132 valence electrons. The molecular weight excluding hydrogens is 348 g/mol. The summed E-state index contributed by atoms with van der Waals surface area (Å²) in [5, 5.41) is 5.32. The molecule has 25 heavy (non-hydrogen) atoms. The van der Waals surface area contributed by atoms with E-state index in [1.54, 1.807) is 23.1 Å². The largest absolute Gasteiger partial charge is 0.349 e. The van der Waals surface area contributed by atoms with Crippen molar-refractivity contribution in [2.75, 3.05) is 0 Å². The van der Waals surface area contributed by atoms with Crippen LogP contribution in [-0.4, -0.2) is 16.9 Å². The Morgan fingerprint density at radius 1 is 1.32 bits per heavy atom. The number of amides is 1. The van der Waals surface area contributed by atoms with Gasteiger partial charge in [0.1, 0.15) is 0 Å². The molecule has 2 aliphatic rings. The van der Waals surface area contributed by atoms with Gasteiger partial charge >= 0.3 is 0 Å². The van der Waals surface area contributed by atoms with Gasteiger partial charge in [-0.2, -0.15) is 0 Å². The third-order valence-electron chi connectivity index (χ3n) is 5.78. The minimum absolute atomic E-state index is 0.0614. The van der Waals surface area contributed by atoms with Crippen molar-refractivity contribution in [3.8, 4) is 0 Å². The smallest absolute Gasteiger partial charge is 0.251 e. The monoisotopic (exact) mass is 372 g/mol. The molecule has 1 amide bonds. The highest BCUT2D eigenvalue weighted by Crippen LogP contribution is 2.49. The molecule has 0 spiro atoms. The maximum Gasteiger partial charge on any atom is 0.251 e. The maximum absolute atomic E-state index is 12.5. The molecule has 0 radical (unpaired) electrons. The standard InChI is InChI=1S/C20H24N2OS2/c1-13(19-9-14-2-3-16(19)8-14)22-20(23)15-4-6-18(7-5-15)25-11-17-10-24-12-21-17/h4-7,10,12-14,16,19H,2-3,8-9,11H2,1H3,(H,22,23)/t13-,14+,16+,19-/m1/s1. The van der Waals surface area contributed by atoms with E-state index in [1.807, 2.05) is 29.8 Å². The molecule has 4 atom stereocenters. The van der Waals surface area contributed by atoms with Crippen molar-refractivity contribution in [3.63, 3.8) is 0 Å². The third kappa shape index (κ3) is 3.93. The zero-order valence-corrected chi connectivity index (χ0v) is 16.1. The van der Waals surface area contributed by atoms with Gasteiger partial charge in [0.2, 0.25) is 0 Å². The molecule has 2 bridgehead atoms. The Bertz CT molecular complexity index is 714. The Kier molecular flexibility index (Phi) is 5.13. The highest BCUT2D eigenvalue weighted by atomic mass is 32.2. The number of rotatable bonds is 6. The normalized spacial score (nSPS) is 25.9. The number of benzene rings is 1. The molecule has 2 aliphatic carbocycles. The van der Waals surface area contributed by atoms with Crippen LogP contribution in [0.3, 0.4) is 0 Å². The first-order valence-corrected chi connectivity index (χ1v) is 11.0. The average Bonchev–Trinajstić information content (AvgIpc) is 3.38. The van der Waals surface area contributed by atoms with Crippen LogP contribution >= 0.6 is 23.1 Å². The van der Waals surface area contributed by atoms with Crippen molar-refractivity contribution < 1.29 is 4.79 Å². The van der Waals surface area contributed by atoms with Gasteiger partial charge in [0, 0.05) is 27.6 Å². The summed E-state index contributed by atoms with van der Waals surface area (Å²) in [6, 6.07) is 8.22. The fourth-order valence-corrected chi connectivity index (χ4v) is 5.94. The molecular formula is C20H24N2OS2. The van der Waals surface area contributed by atoms with Crippen LogP contribution in [0, 0.1) is 17.8 Å². The minimum atomic E-state index is 0.0614. The van der Waals surface area contributed by atoms with E-state index < -0.39 is 0 Å². The Morgan fingerprint density at radius 2 is 2.16 bits per heavy atom. The number of aromatic nitrogens is 1. The van der Waals surface area contributed by atoms with Crippen LogP contribution in [0.1, 0.15) is 48.7 Å². The molecule has 4 rings (SSSR count). The van der Waals surface area contributed by atoms with Crippen molar-refractivity contribution in [1.29, 1.82) is 0 Å². The number of hydrogen-bond donors (Lipinski definition) is 1. The number of nitrogens with zero attached hydrogens (tertiary/aromatic N) is 1. The molecule has 2 fully saturated rings. The molecule has 1 heterocycles. The van der Waals surface area contributed by atoms with Crippen molar-refractivity contribution in [2.24, 2.45) is 17.8 Å². The van der Waals surface area contributed by atoms with Crippen LogP contribution in [0.25, 0.3) is 0 Å². The lowest BCUT2D eigenvalue weighted by molar-refractivity contribution is 0.0915. The summed E-state index contributed by atoms with van der Waals surface area (Å²) in [5.74, 6) is 3.37. The van der Waals surface area contributed by atoms with E-state index in [9.17, 15) is 4.79 Å². The van der Waals surface area contributed by atoms with Crippen molar-refractivity contribution in [1.82, 2.24) is 10.3 Å². The fourth-order valence-electron chi connectivity index (χ4n) is 4.47. The molecule has 1 aromatic heterocycles. The number of carbonyl (C=O) groups is 1. The molecule has 0 saturated heterocycles. The van der Waals surface area contributed by atoms with E-state index in [1.165, 1.54) is 30.6 Å². The van der Waals surface area contributed by atoms with Gasteiger partial charge in [-0.1, -0.05) is 6.42 Å². The zero-order chi connectivity index (χ0) is 17.2. The Hall–Kier alpha value is -1.33. The van der Waals surface area contributed by atoms with Crippen molar-refractivity contribution >= 4 is 29.0 Å². The summed E-state index contributed by atoms with van der Waals surface area (Å²) in [6.45, 7) is 2.18. The van der Waals surface area contributed by atoms with E-state index in [2.05, 4.69) is 22.6 Å². The number of fused-ring (bicyclic) bond motifs is 2. The lowest BCUT2D eigenvalue weighted by atomic mass is 9.84. The van der Waals surface area contributed by atoms with Crippen LogP contribution < -0.4 is 5.32 Å². The highest BCUT2D eigenvalue weighted by molar-refractivity contribution is 7.98. The summed E-state index contributed by atoms with van der Waals surface area (Å²) in [4.78, 5) is 18.0. The average molecular weight is 373 g/mol. The van der Waals surface area contributed by atoms with Gasteiger partial charge in [-0.25, -0.2) is 4.98 Å². The second-order valence-corrected chi connectivity index (χ2v) is 9.16. The number of thiazole rings is 1. The number of nitrogens with one attached hydrogen (secondary N) is 1. The summed E-state index contributed by atoms with van der Waals surface area (Å²) in [7, 11) is 0. The van der Waals surface area contributed by atoms with Gasteiger partial charge in [0.05, 0.1) is 11.2 Å². The topological polar surface area (TPSA) is 42.0 Å². The predicted molar refractivity (Wildman–Crippen MR) is 104 cm³/mol. The summed E-state index contributed by atoms with van der Waals surface area (Å²) >= 11 is 3.38. The fraction of sp³-hybridized carbons (Fsp3) is 0.500. The van der Waals surface area contributed by atoms with Crippen molar-refractivity contribution in [2.45, 2.75) is 49.3 Å². The Morgan fingerprint density at radius 3 is 2.80 bits per heavy atom. The summed E-state index contributed by atoms with van der Waals surface area (Å²) < 4.78 is 0. The first-order valence-electron chi connectivity index (χ1n) is 9.10. The van der Waals surface area contributed by atoms with Gasteiger partial charge in [0.25, 0.3) is 5.91 Å². The number of carbonyl (C=O) groups excluding carboxylic acids is 1. The van der Waals surface area contributed by atoms with Gasteiger partial charge in [-0.3, -0.25) is 4.79 Å². The Labute approximate surface area is 157 Å². The molecule has 0 unspecified atom stereocenters. The number of thioether (sulfide) groups is 1. The highest BCUT2D eigenvalue weighted by Gasteiger charge is 2.42. The molecule has 3 nitrogen and oxygen atoms in total. The zero-order valence-electron chi connectivity index (χ0n) is 14.5. The van der Waals surface area contributed by atoms with Gasteiger partial charge < -0.3 is 5.32 Å². The summed E-state index contributed by atoms with van der Waals surface area (Å²) in [5.41, 5.74) is 3.73. The van der Waals surface area contributed by atoms with Crippen LogP contribution in [0.15, 0.2) is 40.1 Å². The molecule has 5 heteroatoms. The molecule has 2 aromatic rings. The van der Waals surface area contributed by atoms with E-state index in [0.29, 0.717) is 5.92 Å². The van der Waals surface area contributed by atoms with Crippen LogP contribution in [-0.2, 0) is 5.75 Å².